The summed E-state index contributed by atoms with van der Waals surface area (Å²) in [6.07, 6.45) is 1.40. The molecule has 5 amide bonds. The van der Waals surface area contributed by atoms with Gasteiger partial charge in [-0.2, -0.15) is 0 Å². The third-order valence-electron chi connectivity index (χ3n) is 6.26. The number of ether oxygens (including phenoxy) is 2. The maximum atomic E-state index is 13.3. The molecule has 0 bridgehead atoms. The first-order chi connectivity index (χ1) is 19.1. The number of nitrogens with one attached hydrogen (secondary N) is 2. The van der Waals surface area contributed by atoms with E-state index in [1.54, 1.807) is 31.2 Å². The highest BCUT2D eigenvalue weighted by atomic mass is 127. The summed E-state index contributed by atoms with van der Waals surface area (Å²) in [6, 6.07) is 15.1. The number of benzene rings is 3. The van der Waals surface area contributed by atoms with E-state index < -0.39 is 17.8 Å². The molecule has 0 spiro atoms. The normalized spacial score (nSPS) is 14.3. The average molecular weight is 653 g/mol. The van der Waals surface area contributed by atoms with Crippen LogP contribution in [-0.4, -0.2) is 37.0 Å². The van der Waals surface area contributed by atoms with Gasteiger partial charge in [0, 0.05) is 5.69 Å². The molecule has 40 heavy (non-hydrogen) atoms. The molecule has 206 valence electrons. The second kappa shape index (κ2) is 12.3. The first-order valence-electron chi connectivity index (χ1n) is 12.5. The van der Waals surface area contributed by atoms with Crippen molar-refractivity contribution in [2.45, 2.75) is 27.7 Å². The zero-order valence-electron chi connectivity index (χ0n) is 22.5. The number of rotatable bonds is 8. The highest BCUT2D eigenvalue weighted by molar-refractivity contribution is 14.1. The summed E-state index contributed by atoms with van der Waals surface area (Å²) in [5.41, 5.74) is 4.17. The summed E-state index contributed by atoms with van der Waals surface area (Å²) >= 11 is 2.04. The fourth-order valence-corrected chi connectivity index (χ4v) is 4.82. The molecular weight excluding hydrogens is 625 g/mol. The Bertz CT molecular complexity index is 1550. The lowest BCUT2D eigenvalue weighted by Gasteiger charge is -2.27. The van der Waals surface area contributed by atoms with Gasteiger partial charge in [0.05, 0.1) is 15.9 Å². The Kier molecular flexibility index (Phi) is 8.88. The van der Waals surface area contributed by atoms with Crippen LogP contribution in [0.3, 0.4) is 0 Å². The van der Waals surface area contributed by atoms with Crippen LogP contribution in [0.25, 0.3) is 6.08 Å². The number of barbiturate groups is 1. The van der Waals surface area contributed by atoms with Crippen LogP contribution in [0.1, 0.15) is 29.2 Å². The minimum atomic E-state index is -0.812. The van der Waals surface area contributed by atoms with Gasteiger partial charge in [-0.3, -0.25) is 19.7 Å². The first-order valence-corrected chi connectivity index (χ1v) is 13.6. The second-order valence-electron chi connectivity index (χ2n) is 9.14. The quantitative estimate of drug-likeness (QED) is 0.194. The van der Waals surface area contributed by atoms with Crippen molar-refractivity contribution in [3.05, 3.63) is 86.0 Å². The van der Waals surface area contributed by atoms with Gasteiger partial charge in [-0.1, -0.05) is 24.3 Å². The van der Waals surface area contributed by atoms with E-state index in [0.29, 0.717) is 38.6 Å². The van der Waals surface area contributed by atoms with Crippen molar-refractivity contribution >= 4 is 63.8 Å². The number of carbonyl (C=O) groups excluding carboxylic acids is 4. The van der Waals surface area contributed by atoms with Gasteiger partial charge in [-0.15, -0.1) is 0 Å². The van der Waals surface area contributed by atoms with Gasteiger partial charge in [0.25, 0.3) is 17.7 Å². The SMILES string of the molecule is CCOc1cc(/C=C2/C(=O)NC(=O)N(c3ccc(C)c(C)c3)C2=O)cc(I)c1OCC(=O)Nc1ccccc1C. The number of carbonyl (C=O) groups is 4. The van der Waals surface area contributed by atoms with Crippen LogP contribution in [0.5, 0.6) is 11.5 Å². The van der Waals surface area contributed by atoms with E-state index in [1.165, 1.54) is 6.08 Å². The molecule has 9 nitrogen and oxygen atoms in total. The van der Waals surface area contributed by atoms with Crippen LogP contribution in [0.2, 0.25) is 0 Å². The summed E-state index contributed by atoms with van der Waals surface area (Å²) in [5.74, 6) is -1.17. The van der Waals surface area contributed by atoms with Crippen LogP contribution in [-0.2, 0) is 14.4 Å². The lowest BCUT2D eigenvalue weighted by molar-refractivity contribution is -0.122. The van der Waals surface area contributed by atoms with Crippen LogP contribution in [0, 0.1) is 24.3 Å². The highest BCUT2D eigenvalue weighted by Crippen LogP contribution is 2.35. The van der Waals surface area contributed by atoms with Gasteiger partial charge in [-0.05, 0) is 109 Å². The molecule has 1 aliphatic rings. The standard InChI is InChI=1S/C30H28IN3O6/c1-5-39-25-15-20(14-23(31)27(25)40-16-26(35)32-24-9-7-6-8-18(24)3)13-22-28(36)33-30(38)34(29(22)37)21-11-10-17(2)19(4)12-21/h6-15H,5,16H2,1-4H3,(H,32,35)(H,33,36,38)/b22-13-. The largest absolute Gasteiger partial charge is 0.490 e. The molecule has 0 atom stereocenters. The molecule has 1 fully saturated rings. The van der Waals surface area contributed by atoms with Crippen molar-refractivity contribution in [2.24, 2.45) is 0 Å². The second-order valence-corrected chi connectivity index (χ2v) is 10.3. The van der Waals surface area contributed by atoms with Crippen LogP contribution in [0.15, 0.2) is 60.2 Å². The molecule has 1 saturated heterocycles. The number of hydrogen-bond acceptors (Lipinski definition) is 6. The molecule has 1 heterocycles. The number of para-hydroxylation sites is 1. The number of hydrogen-bond donors (Lipinski definition) is 2. The first kappa shape index (κ1) is 28.8. The Morgan fingerprint density at radius 3 is 2.42 bits per heavy atom. The monoisotopic (exact) mass is 653 g/mol. The fraction of sp³-hybridized carbons (Fsp3) is 0.200. The Balaban J connectivity index is 1.59. The topological polar surface area (TPSA) is 114 Å². The van der Waals surface area contributed by atoms with Crippen molar-refractivity contribution in [1.82, 2.24) is 5.32 Å². The summed E-state index contributed by atoms with van der Waals surface area (Å²) in [4.78, 5) is 52.1. The lowest BCUT2D eigenvalue weighted by Crippen LogP contribution is -2.54. The molecule has 0 radical (unpaired) electrons. The molecule has 0 saturated carbocycles. The summed E-state index contributed by atoms with van der Waals surface area (Å²) < 4.78 is 12.2. The van der Waals surface area contributed by atoms with E-state index in [1.807, 2.05) is 73.7 Å². The average Bonchev–Trinajstić information content (AvgIpc) is 2.89. The van der Waals surface area contributed by atoms with Crippen LogP contribution >= 0.6 is 22.6 Å². The number of anilines is 2. The van der Waals surface area contributed by atoms with Crippen molar-refractivity contribution < 1.29 is 28.7 Å². The van der Waals surface area contributed by atoms with Crippen molar-refractivity contribution in [2.75, 3.05) is 23.4 Å². The molecule has 3 aromatic rings. The Hall–Kier alpha value is -4.19. The van der Waals surface area contributed by atoms with Crippen molar-refractivity contribution in [3.8, 4) is 11.5 Å². The summed E-state index contributed by atoms with van der Waals surface area (Å²) in [5, 5.41) is 5.07. The molecule has 10 heteroatoms. The minimum absolute atomic E-state index is 0.206. The molecule has 2 N–H and O–H groups in total. The van der Waals surface area contributed by atoms with Crippen LogP contribution in [0.4, 0.5) is 16.2 Å². The maximum absolute atomic E-state index is 13.3. The van der Waals surface area contributed by atoms with E-state index in [0.717, 1.165) is 21.6 Å². The predicted octanol–water partition coefficient (Wildman–Crippen LogP) is 5.30. The highest BCUT2D eigenvalue weighted by Gasteiger charge is 2.37. The van der Waals surface area contributed by atoms with Gasteiger partial charge >= 0.3 is 6.03 Å². The molecule has 1 aliphatic heterocycles. The molecular formula is C30H28IN3O6. The third-order valence-corrected chi connectivity index (χ3v) is 7.06. The number of imide groups is 2. The molecule has 3 aromatic carbocycles. The van der Waals surface area contributed by atoms with Gasteiger partial charge in [-0.25, -0.2) is 9.69 Å². The molecule has 0 aliphatic carbocycles. The number of halogens is 1. The van der Waals surface area contributed by atoms with E-state index in [-0.39, 0.29) is 18.1 Å². The van der Waals surface area contributed by atoms with Gasteiger partial charge in [0.15, 0.2) is 18.1 Å². The molecule has 0 aromatic heterocycles. The third kappa shape index (κ3) is 6.33. The van der Waals surface area contributed by atoms with Gasteiger partial charge in [0.2, 0.25) is 0 Å². The Morgan fingerprint density at radius 1 is 0.975 bits per heavy atom. The van der Waals surface area contributed by atoms with Crippen molar-refractivity contribution in [1.29, 1.82) is 0 Å². The zero-order chi connectivity index (χ0) is 29.0. The number of urea groups is 1. The Morgan fingerprint density at radius 2 is 1.73 bits per heavy atom. The maximum Gasteiger partial charge on any atom is 0.335 e. The van der Waals surface area contributed by atoms with Crippen molar-refractivity contribution in [3.63, 3.8) is 0 Å². The van der Waals surface area contributed by atoms with Gasteiger partial charge < -0.3 is 14.8 Å². The molecule has 4 rings (SSSR count). The smallest absolute Gasteiger partial charge is 0.335 e. The van der Waals surface area contributed by atoms with E-state index >= 15 is 0 Å². The van der Waals surface area contributed by atoms with E-state index in [4.69, 9.17) is 9.47 Å². The van der Waals surface area contributed by atoms with E-state index in [2.05, 4.69) is 10.6 Å². The minimum Gasteiger partial charge on any atom is -0.490 e. The van der Waals surface area contributed by atoms with E-state index in [9.17, 15) is 19.2 Å². The molecule has 0 unspecified atom stereocenters. The summed E-state index contributed by atoms with van der Waals surface area (Å²) in [7, 11) is 0. The van der Waals surface area contributed by atoms with Crippen LogP contribution < -0.4 is 25.0 Å². The summed E-state index contributed by atoms with van der Waals surface area (Å²) in [6.45, 7) is 7.56. The zero-order valence-corrected chi connectivity index (χ0v) is 24.6. The predicted molar refractivity (Wildman–Crippen MR) is 161 cm³/mol. The number of nitrogens with zero attached hydrogens (tertiary/aromatic N) is 1. The Labute approximate surface area is 245 Å². The lowest BCUT2D eigenvalue weighted by atomic mass is 10.0. The number of amides is 5. The fourth-order valence-electron chi connectivity index (χ4n) is 4.03. The van der Waals surface area contributed by atoms with Gasteiger partial charge in [0.1, 0.15) is 5.57 Å². The number of aryl methyl sites for hydroxylation is 3.